The second-order valence-corrected chi connectivity index (χ2v) is 9.32. The Morgan fingerprint density at radius 2 is 1.54 bits per heavy atom. The summed E-state index contributed by atoms with van der Waals surface area (Å²) in [6, 6.07) is 25.0. The van der Waals surface area contributed by atoms with Crippen molar-refractivity contribution in [3.8, 4) is 28.4 Å². The molecule has 1 aromatic heterocycles. The van der Waals surface area contributed by atoms with Gasteiger partial charge in [0.1, 0.15) is 17.1 Å². The molecular formula is C32H24F3NO5. The maximum Gasteiger partial charge on any atom is 0.453 e. The van der Waals surface area contributed by atoms with Crippen LogP contribution in [0.2, 0.25) is 0 Å². The molecule has 0 spiro atoms. The SMILES string of the molecule is Cc1cccc(NC(=O)COc2ccc3c(=O)c(Oc4ccc(-c5ccccc5)cc4)c(C(F)(F)F)oc3c2)c1C. The summed E-state index contributed by atoms with van der Waals surface area (Å²) < 4.78 is 58.0. The maximum absolute atomic E-state index is 14.0. The first-order valence-electron chi connectivity index (χ1n) is 12.6. The summed E-state index contributed by atoms with van der Waals surface area (Å²) in [6.07, 6.45) is -5.02. The average Bonchev–Trinajstić information content (AvgIpc) is 2.96. The van der Waals surface area contributed by atoms with Gasteiger partial charge in [-0.3, -0.25) is 9.59 Å². The summed E-state index contributed by atoms with van der Waals surface area (Å²) in [5, 5.41) is 2.60. The molecule has 0 bridgehead atoms. The summed E-state index contributed by atoms with van der Waals surface area (Å²) >= 11 is 0. The normalized spacial score (nSPS) is 11.3. The van der Waals surface area contributed by atoms with E-state index in [-0.39, 0.29) is 22.5 Å². The Hall–Kier alpha value is -5.05. The third kappa shape index (κ3) is 6.09. The number of carbonyl (C=O) groups is 1. The van der Waals surface area contributed by atoms with Crippen LogP contribution in [0, 0.1) is 13.8 Å². The smallest absolute Gasteiger partial charge is 0.453 e. The van der Waals surface area contributed by atoms with E-state index in [2.05, 4.69) is 5.32 Å². The molecule has 41 heavy (non-hydrogen) atoms. The van der Waals surface area contributed by atoms with Crippen molar-refractivity contribution in [2.45, 2.75) is 20.0 Å². The largest absolute Gasteiger partial charge is 0.484 e. The molecule has 0 aliphatic carbocycles. The van der Waals surface area contributed by atoms with E-state index in [1.54, 1.807) is 24.3 Å². The van der Waals surface area contributed by atoms with Crippen LogP contribution in [-0.4, -0.2) is 12.5 Å². The lowest BCUT2D eigenvalue weighted by Crippen LogP contribution is -2.21. The van der Waals surface area contributed by atoms with Crippen LogP contribution in [0.15, 0.2) is 100 Å². The third-order valence-electron chi connectivity index (χ3n) is 6.51. The standard InChI is InChI=1S/C32H24F3NO5/c1-19-7-6-10-26(20(19)2)36-28(37)18-39-24-15-16-25-27(17-24)41-31(32(33,34)35)30(29(25)38)40-23-13-11-22(12-14-23)21-8-4-3-5-9-21/h3-17H,18H2,1-2H3,(H,36,37). The summed E-state index contributed by atoms with van der Waals surface area (Å²) in [4.78, 5) is 25.5. The van der Waals surface area contributed by atoms with Crippen LogP contribution in [0.1, 0.15) is 16.9 Å². The fraction of sp³-hybridized carbons (Fsp3) is 0.125. The van der Waals surface area contributed by atoms with E-state index in [9.17, 15) is 22.8 Å². The van der Waals surface area contributed by atoms with E-state index < -0.39 is 35.6 Å². The molecule has 5 rings (SSSR count). The van der Waals surface area contributed by atoms with Gasteiger partial charge in [-0.1, -0.05) is 54.6 Å². The van der Waals surface area contributed by atoms with Gasteiger partial charge >= 0.3 is 6.18 Å². The molecule has 0 aliphatic heterocycles. The topological polar surface area (TPSA) is 77.8 Å². The molecule has 0 aliphatic rings. The lowest BCUT2D eigenvalue weighted by molar-refractivity contribution is -0.154. The summed E-state index contributed by atoms with van der Waals surface area (Å²) in [6.45, 7) is 3.38. The van der Waals surface area contributed by atoms with Gasteiger partial charge in [0.05, 0.1) is 5.39 Å². The monoisotopic (exact) mass is 559 g/mol. The first-order valence-corrected chi connectivity index (χ1v) is 12.6. The van der Waals surface area contributed by atoms with E-state index in [4.69, 9.17) is 13.9 Å². The Bertz CT molecular complexity index is 1780. The number of anilines is 1. The Balaban J connectivity index is 1.39. The molecular weight excluding hydrogens is 535 g/mol. The summed E-state index contributed by atoms with van der Waals surface area (Å²) in [5.41, 5.74) is 2.92. The van der Waals surface area contributed by atoms with Crippen LogP contribution in [0.5, 0.6) is 17.2 Å². The zero-order chi connectivity index (χ0) is 29.1. The van der Waals surface area contributed by atoms with Gasteiger partial charge in [0.25, 0.3) is 11.7 Å². The molecule has 6 nitrogen and oxygen atoms in total. The van der Waals surface area contributed by atoms with Gasteiger partial charge in [-0.25, -0.2) is 0 Å². The lowest BCUT2D eigenvalue weighted by Gasteiger charge is -2.14. The molecule has 0 atom stereocenters. The predicted octanol–water partition coefficient (Wildman–Crippen LogP) is 7.91. The van der Waals surface area contributed by atoms with Crippen LogP contribution < -0.4 is 20.2 Å². The second kappa shape index (κ2) is 11.2. The number of fused-ring (bicyclic) bond motifs is 1. The Labute approximate surface area is 233 Å². The maximum atomic E-state index is 14.0. The molecule has 0 radical (unpaired) electrons. The summed E-state index contributed by atoms with van der Waals surface area (Å²) in [7, 11) is 0. The van der Waals surface area contributed by atoms with E-state index in [0.717, 1.165) is 28.3 Å². The molecule has 9 heteroatoms. The van der Waals surface area contributed by atoms with Crippen molar-refractivity contribution >= 4 is 22.6 Å². The van der Waals surface area contributed by atoms with Gasteiger partial charge < -0.3 is 19.2 Å². The minimum absolute atomic E-state index is 0.0386. The van der Waals surface area contributed by atoms with Gasteiger partial charge in [0.2, 0.25) is 11.2 Å². The summed E-state index contributed by atoms with van der Waals surface area (Å²) in [5.74, 6) is -2.92. The first-order chi connectivity index (χ1) is 19.6. The van der Waals surface area contributed by atoms with Crippen LogP contribution >= 0.6 is 0 Å². The Kier molecular flexibility index (Phi) is 7.52. The first kappa shape index (κ1) is 27.5. The number of rotatable bonds is 7. The molecule has 0 saturated carbocycles. The highest BCUT2D eigenvalue weighted by Crippen LogP contribution is 2.39. The van der Waals surface area contributed by atoms with Crippen LogP contribution in [-0.2, 0) is 11.0 Å². The van der Waals surface area contributed by atoms with Crippen molar-refractivity contribution in [1.82, 2.24) is 0 Å². The van der Waals surface area contributed by atoms with Crippen molar-refractivity contribution < 1.29 is 31.9 Å². The van der Waals surface area contributed by atoms with Gasteiger partial charge in [-0.2, -0.15) is 13.2 Å². The number of halogens is 3. The highest BCUT2D eigenvalue weighted by atomic mass is 19.4. The molecule has 0 fully saturated rings. The van der Waals surface area contributed by atoms with E-state index >= 15 is 0 Å². The zero-order valence-electron chi connectivity index (χ0n) is 22.0. The van der Waals surface area contributed by atoms with E-state index in [1.165, 1.54) is 24.3 Å². The average molecular weight is 560 g/mol. The molecule has 1 N–H and O–H groups in total. The fourth-order valence-corrected chi connectivity index (χ4v) is 4.21. The highest BCUT2D eigenvalue weighted by Gasteiger charge is 2.40. The minimum Gasteiger partial charge on any atom is -0.484 e. The number of benzene rings is 4. The minimum atomic E-state index is -5.02. The predicted molar refractivity (Wildman–Crippen MR) is 149 cm³/mol. The third-order valence-corrected chi connectivity index (χ3v) is 6.51. The van der Waals surface area contributed by atoms with Crippen LogP contribution in [0.4, 0.5) is 18.9 Å². The van der Waals surface area contributed by atoms with Gasteiger partial charge in [0, 0.05) is 11.8 Å². The second-order valence-electron chi connectivity index (χ2n) is 9.32. The number of hydrogen-bond acceptors (Lipinski definition) is 5. The fourth-order valence-electron chi connectivity index (χ4n) is 4.21. The number of carbonyl (C=O) groups excluding carboxylic acids is 1. The Morgan fingerprint density at radius 1 is 0.854 bits per heavy atom. The number of aryl methyl sites for hydroxylation is 1. The van der Waals surface area contributed by atoms with Crippen LogP contribution in [0.25, 0.3) is 22.1 Å². The van der Waals surface area contributed by atoms with Gasteiger partial charge in [0.15, 0.2) is 6.61 Å². The molecule has 0 saturated heterocycles. The van der Waals surface area contributed by atoms with Crippen molar-refractivity contribution in [2.75, 3.05) is 11.9 Å². The number of hydrogen-bond donors (Lipinski definition) is 1. The molecule has 4 aromatic carbocycles. The zero-order valence-corrected chi connectivity index (χ0v) is 22.0. The number of alkyl halides is 3. The van der Waals surface area contributed by atoms with Crippen molar-refractivity contribution in [2.24, 2.45) is 0 Å². The number of amides is 1. The van der Waals surface area contributed by atoms with Crippen molar-refractivity contribution in [3.05, 3.63) is 118 Å². The van der Waals surface area contributed by atoms with Crippen molar-refractivity contribution in [3.63, 3.8) is 0 Å². The van der Waals surface area contributed by atoms with Crippen molar-refractivity contribution in [1.29, 1.82) is 0 Å². The number of nitrogens with one attached hydrogen (secondary N) is 1. The molecule has 5 aromatic rings. The Morgan fingerprint density at radius 3 is 2.24 bits per heavy atom. The van der Waals surface area contributed by atoms with E-state index in [0.29, 0.717) is 5.69 Å². The van der Waals surface area contributed by atoms with Gasteiger partial charge in [-0.05, 0) is 66.4 Å². The molecule has 1 heterocycles. The molecule has 0 unspecified atom stereocenters. The quantitative estimate of drug-likeness (QED) is 0.219. The van der Waals surface area contributed by atoms with E-state index in [1.807, 2.05) is 50.2 Å². The molecule has 208 valence electrons. The van der Waals surface area contributed by atoms with Gasteiger partial charge in [-0.15, -0.1) is 0 Å². The molecule has 1 amide bonds. The number of ether oxygens (including phenoxy) is 2. The lowest BCUT2D eigenvalue weighted by atomic mass is 10.1. The van der Waals surface area contributed by atoms with Crippen LogP contribution in [0.3, 0.4) is 0 Å². The highest BCUT2D eigenvalue weighted by molar-refractivity contribution is 5.92.